The Hall–Kier alpha value is -4.46. The van der Waals surface area contributed by atoms with E-state index in [2.05, 4.69) is 0 Å². The quantitative estimate of drug-likeness (QED) is 0.161. The van der Waals surface area contributed by atoms with Crippen LogP contribution in [0.3, 0.4) is 0 Å². The fourth-order valence-corrected chi connectivity index (χ4v) is 10.4. The second-order valence-corrected chi connectivity index (χ2v) is 13.6. The molecule has 2 aliphatic heterocycles. The van der Waals surface area contributed by atoms with E-state index >= 15 is 0 Å². The summed E-state index contributed by atoms with van der Waals surface area (Å²) in [5.74, 6) is -9.76. The number of carboxylic acids is 2. The van der Waals surface area contributed by atoms with Gasteiger partial charge < -0.3 is 19.7 Å². The van der Waals surface area contributed by atoms with Gasteiger partial charge in [-0.2, -0.15) is 0 Å². The maximum atomic E-state index is 14.6. The van der Waals surface area contributed by atoms with Crippen molar-refractivity contribution in [3.63, 3.8) is 0 Å². The number of carbonyl (C=O) groups is 4. The van der Waals surface area contributed by atoms with Gasteiger partial charge in [-0.15, -0.1) is 0 Å². The first-order chi connectivity index (χ1) is 21.5. The minimum Gasteiger partial charge on any atom is -0.481 e. The second-order valence-electron chi connectivity index (χ2n) is 13.6. The van der Waals surface area contributed by atoms with Gasteiger partial charge in [-0.25, -0.2) is 0 Å². The smallest absolute Gasteiger partial charge is 0.315 e. The van der Waals surface area contributed by atoms with Crippen LogP contribution in [0.15, 0.2) is 59.7 Å². The van der Waals surface area contributed by atoms with Gasteiger partial charge >= 0.3 is 23.9 Å². The van der Waals surface area contributed by atoms with Crippen LogP contribution >= 0.6 is 0 Å². The SMILES string of the molecule is CCc1ccc2c3c4cc(CC)ccc4c(c2c1)OC(=O)C1C(C(=O)O)C2C(C)=CC1C21C2C=C(C)C1C(C(=O)O)C2C(=O)O3. The predicted molar refractivity (Wildman–Crippen MR) is 165 cm³/mol. The molecule has 8 atom stereocenters. The van der Waals surface area contributed by atoms with Crippen molar-refractivity contribution in [1.29, 1.82) is 0 Å². The van der Waals surface area contributed by atoms with Crippen LogP contribution < -0.4 is 9.47 Å². The zero-order valence-electron chi connectivity index (χ0n) is 25.5. The van der Waals surface area contributed by atoms with E-state index in [1.807, 2.05) is 76.2 Å². The lowest BCUT2D eigenvalue weighted by Gasteiger charge is -2.38. The highest BCUT2D eigenvalue weighted by molar-refractivity contribution is 6.13. The number of rotatable bonds is 4. The average Bonchev–Trinajstić information content (AvgIpc) is 3.68. The molecule has 1 spiro atoms. The Balaban J connectivity index is 1.48. The molecule has 0 amide bonds. The molecule has 2 heterocycles. The highest BCUT2D eigenvalue weighted by atomic mass is 16.5. The Morgan fingerprint density at radius 3 is 1.44 bits per heavy atom. The third-order valence-corrected chi connectivity index (χ3v) is 11.8. The highest BCUT2D eigenvalue weighted by Crippen LogP contribution is 2.78. The molecule has 6 aliphatic rings. The van der Waals surface area contributed by atoms with Crippen LogP contribution in [0.1, 0.15) is 38.8 Å². The number of hydrogen-bond acceptors (Lipinski definition) is 6. The molecular formula is C37H34O8. The summed E-state index contributed by atoms with van der Waals surface area (Å²) in [6, 6.07) is 11.4. The highest BCUT2D eigenvalue weighted by Gasteiger charge is 2.80. The van der Waals surface area contributed by atoms with Crippen molar-refractivity contribution < 1.29 is 38.9 Å². The van der Waals surface area contributed by atoms with Gasteiger partial charge in [0.1, 0.15) is 11.5 Å². The number of carboxylic acid groups (broad SMARTS) is 2. The van der Waals surface area contributed by atoms with Gasteiger partial charge in [-0.1, -0.05) is 61.4 Å². The lowest BCUT2D eigenvalue weighted by Crippen LogP contribution is -2.39. The fourth-order valence-electron chi connectivity index (χ4n) is 10.4. The van der Waals surface area contributed by atoms with Crippen molar-refractivity contribution in [1.82, 2.24) is 0 Å². The Morgan fingerprint density at radius 2 is 1.09 bits per heavy atom. The van der Waals surface area contributed by atoms with Crippen molar-refractivity contribution in [3.8, 4) is 11.5 Å². The van der Waals surface area contributed by atoms with E-state index in [-0.39, 0.29) is 0 Å². The zero-order valence-corrected chi connectivity index (χ0v) is 25.5. The molecule has 9 rings (SSSR count). The molecule has 2 saturated carbocycles. The summed E-state index contributed by atoms with van der Waals surface area (Å²) in [5, 5.41) is 23.7. The molecule has 0 aromatic heterocycles. The maximum absolute atomic E-state index is 14.6. The van der Waals surface area contributed by atoms with Crippen molar-refractivity contribution in [2.45, 2.75) is 40.5 Å². The van der Waals surface area contributed by atoms with Crippen LogP contribution in [0.25, 0.3) is 21.5 Å². The van der Waals surface area contributed by atoms with E-state index < -0.39 is 76.6 Å². The van der Waals surface area contributed by atoms with Crippen LogP contribution in [-0.4, -0.2) is 34.1 Å². The number of hydrogen-bond donors (Lipinski definition) is 2. The summed E-state index contributed by atoms with van der Waals surface area (Å²) in [7, 11) is 0. The van der Waals surface area contributed by atoms with Crippen molar-refractivity contribution >= 4 is 45.4 Å². The van der Waals surface area contributed by atoms with Gasteiger partial charge in [0, 0.05) is 33.4 Å². The Morgan fingerprint density at radius 1 is 0.689 bits per heavy atom. The van der Waals surface area contributed by atoms with Gasteiger partial charge in [0.15, 0.2) is 0 Å². The summed E-state index contributed by atoms with van der Waals surface area (Å²) in [6.45, 7) is 7.75. The van der Waals surface area contributed by atoms with Gasteiger partial charge in [0.2, 0.25) is 0 Å². The second kappa shape index (κ2) is 9.28. The molecule has 4 aliphatic carbocycles. The van der Waals surface area contributed by atoms with E-state index in [4.69, 9.17) is 9.47 Å². The van der Waals surface area contributed by atoms with Crippen LogP contribution in [0.5, 0.6) is 11.5 Å². The van der Waals surface area contributed by atoms with E-state index in [0.29, 0.717) is 45.9 Å². The summed E-state index contributed by atoms with van der Waals surface area (Å²) in [4.78, 5) is 55.4. The third kappa shape index (κ3) is 3.32. The van der Waals surface area contributed by atoms with Gasteiger partial charge in [-0.3, -0.25) is 19.2 Å². The van der Waals surface area contributed by atoms with Gasteiger partial charge in [0.05, 0.1) is 23.7 Å². The molecule has 2 N–H and O–H groups in total. The third-order valence-electron chi connectivity index (χ3n) is 11.8. The van der Waals surface area contributed by atoms with Crippen LogP contribution in [-0.2, 0) is 32.0 Å². The summed E-state index contributed by atoms with van der Waals surface area (Å²) < 4.78 is 12.8. The van der Waals surface area contributed by atoms with Gasteiger partial charge in [-0.05, 0) is 67.2 Å². The minimum absolute atomic E-state index is 0.314. The Labute approximate surface area is 259 Å². The van der Waals surface area contributed by atoms with Crippen LogP contribution in [0.2, 0.25) is 0 Å². The van der Waals surface area contributed by atoms with Crippen LogP contribution in [0.4, 0.5) is 0 Å². The van der Waals surface area contributed by atoms with Gasteiger partial charge in [0.25, 0.3) is 0 Å². The molecule has 8 unspecified atom stereocenters. The zero-order chi connectivity index (χ0) is 31.7. The normalized spacial score (nSPS) is 34.2. The standard InChI is InChI=1S/C37H34O8/c1-5-17-7-9-19-21(13-17)31-20-10-8-18(6-2)14-22(20)32(19)45-36(43)26-24-12-16(4)30(28(26)34(40)41)37(24)23-11-15(3)29(37)27(33(38)39)25(23)35(42)44-31/h7-14,23-30H,5-6H2,1-4H3,(H,38,39)(H,40,41). The molecule has 3 aromatic carbocycles. The molecular weight excluding hydrogens is 572 g/mol. The lowest BCUT2D eigenvalue weighted by atomic mass is 9.63. The number of carbonyl (C=O) groups excluding carboxylic acids is 2. The number of aliphatic carboxylic acids is 2. The molecule has 230 valence electrons. The maximum Gasteiger partial charge on any atom is 0.315 e. The molecule has 8 heteroatoms. The first-order valence-corrected chi connectivity index (χ1v) is 15.8. The number of esters is 2. The molecule has 8 nitrogen and oxygen atoms in total. The van der Waals surface area contributed by atoms with Crippen molar-refractivity contribution in [2.24, 2.45) is 52.8 Å². The summed E-state index contributed by atoms with van der Waals surface area (Å²) in [6.07, 6.45) is 5.33. The molecule has 2 fully saturated rings. The minimum atomic E-state index is -1.13. The Kier molecular flexibility index (Phi) is 5.79. The van der Waals surface area contributed by atoms with Crippen LogP contribution in [0, 0.1) is 52.8 Å². The van der Waals surface area contributed by atoms with E-state index in [9.17, 15) is 29.4 Å². The van der Waals surface area contributed by atoms with Crippen molar-refractivity contribution in [3.05, 3.63) is 70.8 Å². The lowest BCUT2D eigenvalue weighted by molar-refractivity contribution is -0.152. The molecule has 0 radical (unpaired) electrons. The van der Waals surface area contributed by atoms with E-state index in [0.717, 1.165) is 22.3 Å². The monoisotopic (exact) mass is 606 g/mol. The number of ether oxygens (including phenoxy) is 2. The Bertz CT molecular complexity index is 1820. The number of allylic oxidation sites excluding steroid dienone is 4. The molecule has 9 bridgehead atoms. The van der Waals surface area contributed by atoms with E-state index in [1.165, 1.54) is 0 Å². The first-order valence-electron chi connectivity index (χ1n) is 15.8. The number of aryl methyl sites for hydroxylation is 2. The molecule has 3 aromatic rings. The topological polar surface area (TPSA) is 127 Å². The van der Waals surface area contributed by atoms with E-state index in [1.54, 1.807) is 0 Å². The molecule has 0 saturated heterocycles. The molecule has 45 heavy (non-hydrogen) atoms. The average molecular weight is 607 g/mol. The number of benzene rings is 3. The number of fused-ring (bicyclic) bond motifs is 2. The summed E-state index contributed by atoms with van der Waals surface area (Å²) in [5.41, 5.74) is 2.64. The first kappa shape index (κ1) is 28.0. The largest absolute Gasteiger partial charge is 0.481 e. The van der Waals surface area contributed by atoms with Crippen molar-refractivity contribution in [2.75, 3.05) is 0 Å². The predicted octanol–water partition coefficient (Wildman–Crippen LogP) is 5.97. The summed E-state index contributed by atoms with van der Waals surface area (Å²) >= 11 is 0. The fraction of sp³-hybridized carbons (Fsp3) is 0.405.